The fourth-order valence-electron chi connectivity index (χ4n) is 8.39. The summed E-state index contributed by atoms with van der Waals surface area (Å²) in [6, 6.07) is 23.5. The van der Waals surface area contributed by atoms with Crippen molar-refractivity contribution in [1.29, 1.82) is 0 Å². The number of ketones is 3. The molecule has 11 nitrogen and oxygen atoms in total. The van der Waals surface area contributed by atoms with Crippen LogP contribution in [0.5, 0.6) is 5.75 Å². The smallest absolute Gasteiger partial charge is 0.191 e. The first-order valence-electron chi connectivity index (χ1n) is 22.6. The lowest BCUT2D eigenvalue weighted by atomic mass is 9.67. The molecule has 346 valence electrons. The van der Waals surface area contributed by atoms with E-state index in [9.17, 15) is 18.8 Å². The van der Waals surface area contributed by atoms with Gasteiger partial charge < -0.3 is 9.84 Å². The molecule has 2 aliphatic carbocycles. The summed E-state index contributed by atoms with van der Waals surface area (Å²) >= 11 is 0. The molecular formula is C54H63FN6O5. The Morgan fingerprint density at radius 3 is 1.59 bits per heavy atom. The molecule has 2 aliphatic rings. The molecule has 1 N–H and O–H groups in total. The van der Waals surface area contributed by atoms with Crippen LogP contribution >= 0.6 is 0 Å². The highest BCUT2D eigenvalue weighted by Crippen LogP contribution is 2.50. The number of hydrogen-bond acceptors (Lipinski definition) is 11. The molecule has 8 rings (SSSR count). The quantitative estimate of drug-likeness (QED) is 0.0922. The average Bonchev–Trinajstić information content (AvgIpc) is 4.14. The fourth-order valence-corrected chi connectivity index (χ4v) is 8.39. The Morgan fingerprint density at radius 2 is 1.11 bits per heavy atom. The van der Waals surface area contributed by atoms with Crippen molar-refractivity contribution in [2.45, 2.75) is 122 Å². The van der Waals surface area contributed by atoms with Crippen molar-refractivity contribution in [3.8, 4) is 5.75 Å². The molecule has 0 saturated heterocycles. The molecule has 0 amide bonds. The number of aliphatic hydroxyl groups excluding tert-OH is 1. The van der Waals surface area contributed by atoms with Gasteiger partial charge in [-0.2, -0.15) is 0 Å². The molecule has 0 unspecified atom stereocenters. The lowest BCUT2D eigenvalue weighted by Crippen LogP contribution is -2.32. The molecule has 3 heterocycles. The minimum atomic E-state index is -0.546. The number of halogens is 1. The molecule has 66 heavy (non-hydrogen) atoms. The number of nitrogens with zero attached hydrogens (tertiary/aromatic N) is 6. The molecule has 12 heteroatoms. The largest absolute Gasteiger partial charge is 0.496 e. The maximum Gasteiger partial charge on any atom is 0.191 e. The number of benzene rings is 3. The number of carbonyl (C=O) groups is 3. The van der Waals surface area contributed by atoms with Crippen molar-refractivity contribution < 1.29 is 28.6 Å². The maximum atomic E-state index is 13.7. The second-order valence-corrected chi connectivity index (χ2v) is 17.0. The average molecular weight is 895 g/mol. The highest BCUT2D eigenvalue weighted by atomic mass is 19.1. The van der Waals surface area contributed by atoms with Crippen LogP contribution in [-0.2, 0) is 36.5 Å². The van der Waals surface area contributed by atoms with E-state index in [1.807, 2.05) is 38.1 Å². The standard InChI is InChI=1S/C19H21FN2O2.C17H20N2O2.C17H18N2O.CH4/c20-16-6-4-5-15(9-16)19(7-2-1-3-8-19)10-18-21-11-14(12-22-18)17(24)13-23;1-4-15(20)14-10-18-17(19-11-14)8-6-13-9-12(2)5-7-16(13)21-3;1-2-15(20)13-11-18-16(19-12-13)10-17(8-9-17)14-6-4-3-5-7-14;/h4-6,9,11-12,23H,1-3,7-8,10,13H2;5,7,9-11H,4,6,8H2,1-3H3;3-7,11-12H,2,8-10H2,1H3;1H4. The number of carbonyl (C=O) groups excluding carboxylic acids is 3. The molecule has 0 radical (unpaired) electrons. The third-order valence-corrected chi connectivity index (χ3v) is 12.4. The summed E-state index contributed by atoms with van der Waals surface area (Å²) < 4.78 is 19.1. The molecule has 2 saturated carbocycles. The first-order valence-corrected chi connectivity index (χ1v) is 22.6. The molecule has 0 atom stereocenters. The van der Waals surface area contributed by atoms with Gasteiger partial charge in [0.25, 0.3) is 0 Å². The van der Waals surface area contributed by atoms with Crippen LogP contribution in [-0.4, -0.2) is 66.1 Å². The number of ether oxygens (including phenoxy) is 1. The molecular weight excluding hydrogens is 832 g/mol. The third kappa shape index (κ3) is 13.6. The van der Waals surface area contributed by atoms with Gasteiger partial charge in [-0.25, -0.2) is 34.3 Å². The first-order chi connectivity index (χ1) is 31.5. The zero-order chi connectivity index (χ0) is 46.2. The number of hydrogen-bond donors (Lipinski definition) is 1. The van der Waals surface area contributed by atoms with Gasteiger partial charge >= 0.3 is 0 Å². The van der Waals surface area contributed by atoms with Crippen LogP contribution in [0.4, 0.5) is 4.39 Å². The van der Waals surface area contributed by atoms with Gasteiger partial charge in [0, 0.05) is 80.1 Å². The predicted octanol–water partition coefficient (Wildman–Crippen LogP) is 10.4. The van der Waals surface area contributed by atoms with Crippen LogP contribution in [0.25, 0.3) is 0 Å². The van der Waals surface area contributed by atoms with Gasteiger partial charge in [0.2, 0.25) is 0 Å². The van der Waals surface area contributed by atoms with Crippen LogP contribution in [0.2, 0.25) is 0 Å². The molecule has 3 aromatic heterocycles. The number of aromatic nitrogens is 6. The fraction of sp³-hybridized carbons (Fsp3) is 0.389. The van der Waals surface area contributed by atoms with E-state index in [1.54, 1.807) is 44.0 Å². The SMILES string of the molecule is C.CCC(=O)c1cnc(CC2(c3ccccc3)CC2)nc1.CCC(=O)c1cnc(CCc2cc(C)ccc2OC)nc1.O=C(CO)c1cnc(CC2(c3cccc(F)c3)CCCCC2)nc1. The van der Waals surface area contributed by atoms with Crippen LogP contribution < -0.4 is 4.74 Å². The van der Waals surface area contributed by atoms with E-state index in [2.05, 4.69) is 67.2 Å². The van der Waals surface area contributed by atoms with Crippen molar-refractivity contribution in [1.82, 2.24) is 29.9 Å². The van der Waals surface area contributed by atoms with E-state index in [-0.39, 0.29) is 41.4 Å². The Morgan fingerprint density at radius 1 is 0.606 bits per heavy atom. The maximum absolute atomic E-state index is 13.7. The number of aliphatic hydroxyl groups is 1. The first kappa shape index (κ1) is 50.6. The minimum absolute atomic E-state index is 0. The second kappa shape index (κ2) is 24.2. The van der Waals surface area contributed by atoms with Crippen LogP contribution in [0.15, 0.2) is 110 Å². The van der Waals surface area contributed by atoms with Gasteiger partial charge in [0.1, 0.15) is 35.6 Å². The Balaban J connectivity index is 0.000000185. The number of Topliss-reactive ketones (excluding diaryl/α,β-unsaturated/α-hetero) is 3. The summed E-state index contributed by atoms with van der Waals surface area (Å²) in [5.41, 5.74) is 6.30. The number of aryl methyl sites for hydroxylation is 3. The van der Waals surface area contributed by atoms with Gasteiger partial charge in [0.05, 0.1) is 23.8 Å². The van der Waals surface area contributed by atoms with Crippen molar-refractivity contribution in [2.75, 3.05) is 13.7 Å². The zero-order valence-electron chi connectivity index (χ0n) is 37.9. The Hall–Kier alpha value is -6.40. The van der Waals surface area contributed by atoms with Crippen molar-refractivity contribution >= 4 is 17.3 Å². The van der Waals surface area contributed by atoms with Crippen molar-refractivity contribution in [3.63, 3.8) is 0 Å². The summed E-state index contributed by atoms with van der Waals surface area (Å²) in [6.45, 7) is 5.20. The van der Waals surface area contributed by atoms with Crippen LogP contribution in [0.3, 0.4) is 0 Å². The lowest BCUT2D eigenvalue weighted by molar-refractivity contribution is 0.0902. The summed E-state index contributed by atoms with van der Waals surface area (Å²) in [5, 5.41) is 8.89. The van der Waals surface area contributed by atoms with Gasteiger partial charge in [-0.3, -0.25) is 14.4 Å². The number of rotatable bonds is 16. The molecule has 2 fully saturated rings. The molecule has 0 spiro atoms. The van der Waals surface area contributed by atoms with E-state index in [0.29, 0.717) is 41.8 Å². The zero-order valence-corrected chi connectivity index (χ0v) is 37.9. The monoisotopic (exact) mass is 894 g/mol. The summed E-state index contributed by atoms with van der Waals surface area (Å²) in [6.07, 6.45) is 21.2. The molecule has 0 bridgehead atoms. The Kier molecular flexibility index (Phi) is 18.6. The Bertz CT molecular complexity index is 2490. The third-order valence-electron chi connectivity index (χ3n) is 12.4. The topological polar surface area (TPSA) is 158 Å². The highest BCUT2D eigenvalue weighted by Gasteiger charge is 2.44. The van der Waals surface area contributed by atoms with Crippen LogP contribution in [0, 0.1) is 12.7 Å². The normalized spacial score (nSPS) is 14.2. The van der Waals surface area contributed by atoms with Gasteiger partial charge in [0.15, 0.2) is 17.3 Å². The highest BCUT2D eigenvalue weighted by molar-refractivity contribution is 5.96. The van der Waals surface area contributed by atoms with E-state index < -0.39 is 6.61 Å². The summed E-state index contributed by atoms with van der Waals surface area (Å²) in [5.74, 6) is 2.67. The molecule has 3 aromatic carbocycles. The van der Waals surface area contributed by atoms with Crippen molar-refractivity contribution in [3.05, 3.63) is 172 Å². The van der Waals surface area contributed by atoms with Crippen molar-refractivity contribution in [2.24, 2.45) is 0 Å². The minimum Gasteiger partial charge on any atom is -0.496 e. The molecule has 0 aliphatic heterocycles. The van der Waals surface area contributed by atoms with Gasteiger partial charge in [-0.1, -0.05) is 101 Å². The van der Waals surface area contributed by atoms with Gasteiger partial charge in [-0.05, 0) is 73.9 Å². The molecule has 6 aromatic rings. The Labute approximate surface area is 388 Å². The van der Waals surface area contributed by atoms with E-state index in [1.165, 1.54) is 48.8 Å². The summed E-state index contributed by atoms with van der Waals surface area (Å²) in [7, 11) is 1.68. The van der Waals surface area contributed by atoms with Crippen LogP contribution in [0.1, 0.15) is 150 Å². The van der Waals surface area contributed by atoms with E-state index in [4.69, 9.17) is 9.84 Å². The predicted molar refractivity (Wildman–Crippen MR) is 255 cm³/mol. The van der Waals surface area contributed by atoms with Gasteiger partial charge in [-0.15, -0.1) is 0 Å². The van der Waals surface area contributed by atoms with E-state index >= 15 is 0 Å². The second-order valence-electron chi connectivity index (χ2n) is 17.0. The number of methoxy groups -OCH3 is 1. The van der Waals surface area contributed by atoms with E-state index in [0.717, 1.165) is 73.5 Å². The lowest BCUT2D eigenvalue weighted by Gasteiger charge is -2.37. The summed E-state index contributed by atoms with van der Waals surface area (Å²) in [4.78, 5) is 60.4.